The monoisotopic (exact) mass is 261 g/mol. The molecule has 0 aliphatic heterocycles. The van der Waals surface area contributed by atoms with Crippen LogP contribution in [0.25, 0.3) is 0 Å². The summed E-state index contributed by atoms with van der Waals surface area (Å²) in [6.07, 6.45) is 2.17. The summed E-state index contributed by atoms with van der Waals surface area (Å²) in [6.45, 7) is 0. The van der Waals surface area contributed by atoms with E-state index in [2.05, 4.69) is 15.3 Å². The summed E-state index contributed by atoms with van der Waals surface area (Å²) in [5.74, 6) is -2.20. The molecule has 0 unspecified atom stereocenters. The van der Waals surface area contributed by atoms with Crippen LogP contribution in [-0.2, 0) is 0 Å². The van der Waals surface area contributed by atoms with Crippen LogP contribution in [0.5, 0.6) is 0 Å². The van der Waals surface area contributed by atoms with E-state index in [0.29, 0.717) is 0 Å². The van der Waals surface area contributed by atoms with Gasteiger partial charge in [-0.15, -0.1) is 0 Å². The van der Waals surface area contributed by atoms with Gasteiger partial charge < -0.3 is 10.4 Å². The van der Waals surface area contributed by atoms with Gasteiger partial charge in [0.15, 0.2) is 0 Å². The van der Waals surface area contributed by atoms with Crippen LogP contribution in [-0.4, -0.2) is 27.0 Å². The summed E-state index contributed by atoms with van der Waals surface area (Å²) >= 11 is 0. The molecule has 2 rings (SSSR count). The van der Waals surface area contributed by atoms with E-state index < -0.39 is 17.7 Å². The van der Waals surface area contributed by atoms with Gasteiger partial charge in [-0.1, -0.05) is 0 Å². The fourth-order valence-corrected chi connectivity index (χ4v) is 1.32. The molecular weight excluding hydrogens is 253 g/mol. The molecule has 7 heteroatoms. The van der Waals surface area contributed by atoms with Gasteiger partial charge in [-0.05, 0) is 24.3 Å². The molecule has 0 bridgehead atoms. The number of aromatic nitrogens is 2. The van der Waals surface area contributed by atoms with Crippen LogP contribution in [0.3, 0.4) is 0 Å². The average molecular weight is 261 g/mol. The van der Waals surface area contributed by atoms with Crippen LogP contribution in [0.15, 0.2) is 36.7 Å². The summed E-state index contributed by atoms with van der Waals surface area (Å²) < 4.78 is 12.6. The van der Waals surface area contributed by atoms with Crippen molar-refractivity contribution in [1.82, 2.24) is 9.97 Å². The lowest BCUT2D eigenvalue weighted by atomic mass is 10.2. The molecule has 0 aromatic carbocycles. The third-order valence-electron chi connectivity index (χ3n) is 2.21. The van der Waals surface area contributed by atoms with Gasteiger partial charge in [0.2, 0.25) is 0 Å². The molecule has 0 atom stereocenters. The number of halogens is 1. The van der Waals surface area contributed by atoms with Crippen molar-refractivity contribution in [2.75, 3.05) is 5.32 Å². The SMILES string of the molecule is O=C(O)c1ccnc(NC(=O)c2ccc(F)cn2)c1. The van der Waals surface area contributed by atoms with Gasteiger partial charge in [-0.2, -0.15) is 0 Å². The van der Waals surface area contributed by atoms with E-state index >= 15 is 0 Å². The first-order valence-corrected chi connectivity index (χ1v) is 5.18. The summed E-state index contributed by atoms with van der Waals surface area (Å²) in [7, 11) is 0. The van der Waals surface area contributed by atoms with Crippen molar-refractivity contribution in [3.63, 3.8) is 0 Å². The second kappa shape index (κ2) is 5.21. The van der Waals surface area contributed by atoms with Gasteiger partial charge in [-0.25, -0.2) is 19.2 Å². The van der Waals surface area contributed by atoms with Crippen molar-refractivity contribution < 1.29 is 19.1 Å². The Kier molecular flexibility index (Phi) is 3.46. The number of nitrogens with zero attached hydrogens (tertiary/aromatic N) is 2. The van der Waals surface area contributed by atoms with Crippen molar-refractivity contribution in [2.45, 2.75) is 0 Å². The predicted octanol–water partition coefficient (Wildman–Crippen LogP) is 1.57. The maximum absolute atomic E-state index is 12.6. The number of carboxylic acid groups (broad SMARTS) is 1. The molecule has 1 amide bonds. The van der Waals surface area contributed by atoms with E-state index in [0.717, 1.165) is 12.3 Å². The lowest BCUT2D eigenvalue weighted by Crippen LogP contribution is -2.15. The van der Waals surface area contributed by atoms with Crippen molar-refractivity contribution in [2.24, 2.45) is 0 Å². The van der Waals surface area contributed by atoms with Gasteiger partial charge in [-0.3, -0.25) is 4.79 Å². The number of pyridine rings is 2. The molecule has 0 saturated heterocycles. The molecule has 0 fully saturated rings. The van der Waals surface area contributed by atoms with E-state index in [1.807, 2.05) is 0 Å². The minimum atomic E-state index is -1.13. The normalized spacial score (nSPS) is 9.95. The number of hydrogen-bond donors (Lipinski definition) is 2. The Morgan fingerprint density at radius 1 is 1.21 bits per heavy atom. The lowest BCUT2D eigenvalue weighted by molar-refractivity contribution is 0.0696. The summed E-state index contributed by atoms with van der Waals surface area (Å²) in [5, 5.41) is 11.2. The Labute approximate surface area is 106 Å². The first kappa shape index (κ1) is 12.6. The molecule has 0 aliphatic rings. The molecule has 2 aromatic heterocycles. The van der Waals surface area contributed by atoms with E-state index in [1.165, 1.54) is 24.4 Å². The Bertz CT molecular complexity index is 628. The molecule has 0 saturated carbocycles. The van der Waals surface area contributed by atoms with E-state index in [-0.39, 0.29) is 17.1 Å². The molecule has 0 radical (unpaired) electrons. The van der Waals surface area contributed by atoms with Crippen LogP contribution in [0.2, 0.25) is 0 Å². The van der Waals surface area contributed by atoms with Gasteiger partial charge in [0.05, 0.1) is 11.8 Å². The van der Waals surface area contributed by atoms with Gasteiger partial charge >= 0.3 is 5.97 Å². The first-order chi connectivity index (χ1) is 9.06. The standard InChI is InChI=1S/C12H8FN3O3/c13-8-1-2-9(15-6-8)11(17)16-10-5-7(12(18)19)3-4-14-10/h1-6H,(H,18,19)(H,14,16,17). The Hall–Kier alpha value is -2.83. The molecular formula is C12H8FN3O3. The van der Waals surface area contributed by atoms with Gasteiger partial charge in [0, 0.05) is 6.20 Å². The smallest absolute Gasteiger partial charge is 0.335 e. The third kappa shape index (κ3) is 3.09. The van der Waals surface area contributed by atoms with Crippen molar-refractivity contribution in [3.8, 4) is 0 Å². The highest BCUT2D eigenvalue weighted by atomic mass is 19.1. The van der Waals surface area contributed by atoms with E-state index in [4.69, 9.17) is 5.11 Å². The zero-order chi connectivity index (χ0) is 13.8. The lowest BCUT2D eigenvalue weighted by Gasteiger charge is -2.04. The number of nitrogens with one attached hydrogen (secondary N) is 1. The number of carbonyl (C=O) groups is 2. The Balaban J connectivity index is 2.17. The van der Waals surface area contributed by atoms with Gasteiger partial charge in [0.1, 0.15) is 17.3 Å². The van der Waals surface area contributed by atoms with Crippen molar-refractivity contribution in [3.05, 3.63) is 53.7 Å². The number of amides is 1. The Morgan fingerprint density at radius 3 is 2.63 bits per heavy atom. The minimum absolute atomic E-state index is 0.00244. The van der Waals surface area contributed by atoms with Crippen LogP contribution >= 0.6 is 0 Å². The first-order valence-electron chi connectivity index (χ1n) is 5.18. The molecule has 2 N–H and O–H groups in total. The molecule has 96 valence electrons. The second-order valence-corrected chi connectivity index (χ2v) is 3.55. The largest absolute Gasteiger partial charge is 0.478 e. The average Bonchev–Trinajstić information content (AvgIpc) is 2.39. The second-order valence-electron chi connectivity index (χ2n) is 3.55. The number of carboxylic acids is 1. The van der Waals surface area contributed by atoms with Gasteiger partial charge in [0.25, 0.3) is 5.91 Å². The number of carbonyl (C=O) groups excluding carboxylic acids is 1. The van der Waals surface area contributed by atoms with Crippen molar-refractivity contribution >= 4 is 17.7 Å². The van der Waals surface area contributed by atoms with Crippen LogP contribution < -0.4 is 5.32 Å². The summed E-state index contributed by atoms with van der Waals surface area (Å²) in [4.78, 5) is 29.9. The number of rotatable bonds is 3. The fourth-order valence-electron chi connectivity index (χ4n) is 1.32. The zero-order valence-corrected chi connectivity index (χ0v) is 9.50. The minimum Gasteiger partial charge on any atom is -0.478 e. The highest BCUT2D eigenvalue weighted by Gasteiger charge is 2.10. The van der Waals surface area contributed by atoms with E-state index in [1.54, 1.807) is 0 Å². The summed E-state index contributed by atoms with van der Waals surface area (Å²) in [5.41, 5.74) is 0.00120. The quantitative estimate of drug-likeness (QED) is 0.874. The number of anilines is 1. The predicted molar refractivity (Wildman–Crippen MR) is 63.3 cm³/mol. The molecule has 19 heavy (non-hydrogen) atoms. The maximum Gasteiger partial charge on any atom is 0.335 e. The Morgan fingerprint density at radius 2 is 2.00 bits per heavy atom. The zero-order valence-electron chi connectivity index (χ0n) is 9.50. The third-order valence-corrected chi connectivity index (χ3v) is 2.21. The van der Waals surface area contributed by atoms with E-state index in [9.17, 15) is 14.0 Å². The highest BCUT2D eigenvalue weighted by Crippen LogP contribution is 2.08. The molecule has 0 aliphatic carbocycles. The fraction of sp³-hybridized carbons (Fsp3) is 0. The molecule has 2 aromatic rings. The molecule has 2 heterocycles. The highest BCUT2D eigenvalue weighted by molar-refractivity contribution is 6.02. The number of aromatic carboxylic acids is 1. The maximum atomic E-state index is 12.6. The van der Waals surface area contributed by atoms with Crippen LogP contribution in [0, 0.1) is 5.82 Å². The van der Waals surface area contributed by atoms with Crippen LogP contribution in [0.4, 0.5) is 10.2 Å². The van der Waals surface area contributed by atoms with Crippen LogP contribution in [0.1, 0.15) is 20.8 Å². The summed E-state index contributed by atoms with van der Waals surface area (Å²) in [6, 6.07) is 4.83. The molecule has 0 spiro atoms. The van der Waals surface area contributed by atoms with Crippen molar-refractivity contribution in [1.29, 1.82) is 0 Å². The number of hydrogen-bond acceptors (Lipinski definition) is 4. The molecule has 6 nitrogen and oxygen atoms in total. The topological polar surface area (TPSA) is 92.2 Å².